The van der Waals surface area contributed by atoms with Crippen LogP contribution < -0.4 is 10.2 Å². The SMILES string of the molecule is C=C/C=C(C=C)/C(=N\Nc1cc(OC)ccn1)c1ccccc1. The summed E-state index contributed by atoms with van der Waals surface area (Å²) in [6, 6.07) is 13.4. The number of hydrogen-bond donors (Lipinski definition) is 1. The topological polar surface area (TPSA) is 46.5 Å². The molecule has 0 aliphatic heterocycles. The van der Waals surface area contributed by atoms with Gasteiger partial charge in [-0.05, 0) is 6.07 Å². The first-order valence-electron chi connectivity index (χ1n) is 7.13. The molecule has 0 radical (unpaired) electrons. The largest absolute Gasteiger partial charge is 0.497 e. The molecule has 116 valence electrons. The highest BCUT2D eigenvalue weighted by molar-refractivity contribution is 6.14. The minimum atomic E-state index is 0.597. The molecular weight excluding hydrogens is 286 g/mol. The van der Waals surface area contributed by atoms with Gasteiger partial charge in [0.15, 0.2) is 0 Å². The average molecular weight is 305 g/mol. The average Bonchev–Trinajstić information content (AvgIpc) is 2.62. The predicted molar refractivity (Wildman–Crippen MR) is 95.9 cm³/mol. The highest BCUT2D eigenvalue weighted by atomic mass is 16.5. The molecule has 23 heavy (non-hydrogen) atoms. The van der Waals surface area contributed by atoms with Gasteiger partial charge in [-0.25, -0.2) is 4.98 Å². The summed E-state index contributed by atoms with van der Waals surface area (Å²) in [5.74, 6) is 1.31. The summed E-state index contributed by atoms with van der Waals surface area (Å²) in [4.78, 5) is 4.22. The van der Waals surface area contributed by atoms with E-state index in [4.69, 9.17) is 4.74 Å². The van der Waals surface area contributed by atoms with E-state index in [1.165, 1.54) is 0 Å². The third kappa shape index (κ3) is 4.41. The second kappa shape index (κ2) is 8.34. The Morgan fingerprint density at radius 3 is 2.65 bits per heavy atom. The molecule has 4 nitrogen and oxygen atoms in total. The lowest BCUT2D eigenvalue weighted by Crippen LogP contribution is -2.07. The number of anilines is 1. The van der Waals surface area contributed by atoms with Crippen molar-refractivity contribution in [1.29, 1.82) is 0 Å². The number of nitrogens with one attached hydrogen (secondary N) is 1. The molecule has 2 aromatic rings. The maximum absolute atomic E-state index is 5.18. The lowest BCUT2D eigenvalue weighted by Gasteiger charge is -2.09. The smallest absolute Gasteiger partial charge is 0.149 e. The van der Waals surface area contributed by atoms with E-state index < -0.39 is 0 Å². The molecule has 0 aliphatic rings. The van der Waals surface area contributed by atoms with Gasteiger partial charge in [-0.3, -0.25) is 5.43 Å². The molecular formula is C19H19N3O. The first-order chi connectivity index (χ1) is 11.3. The van der Waals surface area contributed by atoms with Gasteiger partial charge < -0.3 is 4.74 Å². The fourth-order valence-corrected chi connectivity index (χ4v) is 1.97. The van der Waals surface area contributed by atoms with Crippen LogP contribution in [0, 0.1) is 0 Å². The van der Waals surface area contributed by atoms with Crippen LogP contribution in [0.3, 0.4) is 0 Å². The van der Waals surface area contributed by atoms with Gasteiger partial charge in [0.25, 0.3) is 0 Å². The number of rotatable bonds is 7. The van der Waals surface area contributed by atoms with E-state index in [-0.39, 0.29) is 0 Å². The maximum Gasteiger partial charge on any atom is 0.149 e. The molecule has 0 aliphatic carbocycles. The minimum absolute atomic E-state index is 0.597. The number of methoxy groups -OCH3 is 1. The van der Waals surface area contributed by atoms with Crippen LogP contribution in [0.1, 0.15) is 5.56 Å². The second-order valence-corrected chi connectivity index (χ2v) is 4.58. The minimum Gasteiger partial charge on any atom is -0.497 e. The van der Waals surface area contributed by atoms with Gasteiger partial charge in [-0.1, -0.05) is 61.7 Å². The van der Waals surface area contributed by atoms with Crippen molar-refractivity contribution >= 4 is 11.5 Å². The van der Waals surface area contributed by atoms with Crippen LogP contribution in [-0.2, 0) is 0 Å². The standard InChI is InChI=1S/C19H19N3O/c1-4-9-15(5-2)19(16-10-7-6-8-11-16)22-21-18-14-17(23-3)12-13-20-18/h4-14H,1-2H2,3H3,(H,20,21)/b15-9+,22-19+. The van der Waals surface area contributed by atoms with E-state index in [0.717, 1.165) is 16.8 Å². The lowest BCUT2D eigenvalue weighted by atomic mass is 10.0. The molecule has 4 heteroatoms. The molecule has 0 saturated heterocycles. The Bertz CT molecular complexity index is 733. The van der Waals surface area contributed by atoms with Gasteiger partial charge in [0, 0.05) is 23.4 Å². The van der Waals surface area contributed by atoms with Crippen molar-refractivity contribution in [1.82, 2.24) is 4.98 Å². The van der Waals surface area contributed by atoms with E-state index in [2.05, 4.69) is 28.7 Å². The highest BCUT2D eigenvalue weighted by Gasteiger charge is 2.07. The number of aromatic nitrogens is 1. The van der Waals surface area contributed by atoms with Crippen molar-refractivity contribution in [3.63, 3.8) is 0 Å². The van der Waals surface area contributed by atoms with Crippen LogP contribution in [0.15, 0.2) is 90.7 Å². The molecule has 1 N–H and O–H groups in total. The third-order valence-electron chi connectivity index (χ3n) is 3.09. The summed E-state index contributed by atoms with van der Waals surface area (Å²) < 4.78 is 5.18. The van der Waals surface area contributed by atoms with Crippen LogP contribution in [0.5, 0.6) is 5.75 Å². The zero-order chi connectivity index (χ0) is 16.5. The number of benzene rings is 1. The highest BCUT2D eigenvalue weighted by Crippen LogP contribution is 2.15. The number of hydrazone groups is 1. The van der Waals surface area contributed by atoms with Gasteiger partial charge >= 0.3 is 0 Å². The fourth-order valence-electron chi connectivity index (χ4n) is 1.97. The molecule has 1 heterocycles. The van der Waals surface area contributed by atoms with E-state index >= 15 is 0 Å². The van der Waals surface area contributed by atoms with E-state index in [1.54, 1.807) is 37.6 Å². The molecule has 0 fully saturated rings. The number of ether oxygens (including phenoxy) is 1. The van der Waals surface area contributed by atoms with Gasteiger partial charge in [-0.15, -0.1) is 0 Å². The number of allylic oxidation sites excluding steroid dienone is 4. The summed E-state index contributed by atoms with van der Waals surface area (Å²) in [5, 5.41) is 4.49. The van der Waals surface area contributed by atoms with Crippen LogP contribution in [0.2, 0.25) is 0 Å². The number of nitrogens with zero attached hydrogens (tertiary/aromatic N) is 2. The van der Waals surface area contributed by atoms with Crippen molar-refractivity contribution in [2.75, 3.05) is 12.5 Å². The Hall–Kier alpha value is -3.14. The van der Waals surface area contributed by atoms with Gasteiger partial charge in [-0.2, -0.15) is 5.10 Å². The van der Waals surface area contributed by atoms with Crippen molar-refractivity contribution < 1.29 is 4.74 Å². The van der Waals surface area contributed by atoms with Crippen LogP contribution in [-0.4, -0.2) is 17.8 Å². The van der Waals surface area contributed by atoms with Crippen molar-refractivity contribution in [2.45, 2.75) is 0 Å². The maximum atomic E-state index is 5.18. The zero-order valence-corrected chi connectivity index (χ0v) is 13.1. The Morgan fingerprint density at radius 1 is 1.22 bits per heavy atom. The van der Waals surface area contributed by atoms with E-state index in [1.807, 2.05) is 36.4 Å². The summed E-state index contributed by atoms with van der Waals surface area (Å²) >= 11 is 0. The van der Waals surface area contributed by atoms with Crippen LogP contribution >= 0.6 is 0 Å². The summed E-state index contributed by atoms with van der Waals surface area (Å²) in [5.41, 5.74) is 5.55. The number of pyridine rings is 1. The van der Waals surface area contributed by atoms with Crippen LogP contribution in [0.4, 0.5) is 5.82 Å². The fraction of sp³-hybridized carbons (Fsp3) is 0.0526. The van der Waals surface area contributed by atoms with Crippen molar-refractivity contribution in [2.24, 2.45) is 5.10 Å². The second-order valence-electron chi connectivity index (χ2n) is 4.58. The predicted octanol–water partition coefficient (Wildman–Crippen LogP) is 4.20. The molecule has 0 saturated carbocycles. The molecule has 0 unspecified atom stereocenters. The monoisotopic (exact) mass is 305 g/mol. The normalized spacial score (nSPS) is 11.7. The van der Waals surface area contributed by atoms with E-state index in [0.29, 0.717) is 11.6 Å². The Balaban J connectivity index is 2.38. The summed E-state index contributed by atoms with van der Waals surface area (Å²) in [7, 11) is 1.61. The quantitative estimate of drug-likeness (QED) is 0.473. The zero-order valence-electron chi connectivity index (χ0n) is 13.1. The number of hydrogen-bond acceptors (Lipinski definition) is 4. The Morgan fingerprint density at radius 2 is 2.00 bits per heavy atom. The summed E-state index contributed by atoms with van der Waals surface area (Å²) in [6.45, 7) is 7.59. The van der Waals surface area contributed by atoms with Gasteiger partial charge in [0.05, 0.1) is 12.8 Å². The first-order valence-corrected chi connectivity index (χ1v) is 7.13. The molecule has 0 spiro atoms. The van der Waals surface area contributed by atoms with Crippen molar-refractivity contribution in [3.05, 3.63) is 91.2 Å². The van der Waals surface area contributed by atoms with Gasteiger partial charge in [0.2, 0.25) is 0 Å². The molecule has 0 atom stereocenters. The Labute approximate surface area is 136 Å². The lowest BCUT2D eigenvalue weighted by molar-refractivity contribution is 0.414. The molecule has 1 aromatic carbocycles. The van der Waals surface area contributed by atoms with Gasteiger partial charge in [0.1, 0.15) is 11.6 Å². The van der Waals surface area contributed by atoms with Crippen LogP contribution in [0.25, 0.3) is 0 Å². The Kier molecular flexibility index (Phi) is 5.89. The molecule has 0 bridgehead atoms. The molecule has 1 aromatic heterocycles. The molecule has 2 rings (SSSR count). The van der Waals surface area contributed by atoms with Crippen molar-refractivity contribution in [3.8, 4) is 5.75 Å². The van der Waals surface area contributed by atoms with E-state index in [9.17, 15) is 0 Å². The summed E-state index contributed by atoms with van der Waals surface area (Å²) in [6.07, 6.45) is 6.97. The first kappa shape index (κ1) is 16.2. The molecule has 0 amide bonds. The third-order valence-corrected chi connectivity index (χ3v) is 3.09.